The number of ether oxygens (including phenoxy) is 1. The summed E-state index contributed by atoms with van der Waals surface area (Å²) in [4.78, 5) is 11.0. The topological polar surface area (TPSA) is 63.4 Å². The molecule has 0 amide bonds. The Morgan fingerprint density at radius 1 is 1.38 bits per heavy atom. The van der Waals surface area contributed by atoms with E-state index in [1.807, 2.05) is 40.1 Å². The van der Waals surface area contributed by atoms with Gasteiger partial charge in [-0.3, -0.25) is 0 Å². The van der Waals surface area contributed by atoms with Gasteiger partial charge in [0.25, 0.3) is 0 Å². The molecule has 2 aromatic rings. The fourth-order valence-electron chi connectivity index (χ4n) is 1.98. The molecule has 0 atom stereocenters. The minimum absolute atomic E-state index is 0.414. The lowest BCUT2D eigenvalue weighted by molar-refractivity contribution is 0.128. The molecule has 0 saturated carbocycles. The lowest BCUT2D eigenvalue weighted by Crippen LogP contribution is -2.19. The van der Waals surface area contributed by atoms with E-state index >= 15 is 0 Å². The standard InChI is InChI=1S/C15H22N4O2/c1-5-20-10-14-17-13(16-3)8-15(18-14)19(4)9-12-6-7-21-11(12)2/h6-8H,5,9-10H2,1-4H3,(H,16,17,18). The summed E-state index contributed by atoms with van der Waals surface area (Å²) in [6, 6.07) is 3.90. The second-order valence-corrected chi connectivity index (χ2v) is 4.77. The number of anilines is 2. The molecule has 0 aliphatic carbocycles. The molecule has 0 unspecified atom stereocenters. The van der Waals surface area contributed by atoms with Gasteiger partial charge in [-0.15, -0.1) is 0 Å². The molecule has 2 rings (SSSR count). The molecule has 2 aromatic heterocycles. The van der Waals surface area contributed by atoms with Crippen molar-refractivity contribution in [3.05, 3.63) is 35.5 Å². The van der Waals surface area contributed by atoms with Gasteiger partial charge in [0.05, 0.1) is 6.26 Å². The van der Waals surface area contributed by atoms with Crippen molar-refractivity contribution in [1.29, 1.82) is 0 Å². The molecule has 0 fully saturated rings. The zero-order valence-corrected chi connectivity index (χ0v) is 13.0. The van der Waals surface area contributed by atoms with Crippen LogP contribution in [0.3, 0.4) is 0 Å². The molecule has 6 nitrogen and oxygen atoms in total. The van der Waals surface area contributed by atoms with E-state index in [1.165, 1.54) is 0 Å². The number of hydrogen-bond donors (Lipinski definition) is 1. The van der Waals surface area contributed by atoms with Crippen LogP contribution in [0, 0.1) is 6.92 Å². The van der Waals surface area contributed by atoms with Crippen LogP contribution in [-0.2, 0) is 17.9 Å². The molecule has 0 saturated heterocycles. The van der Waals surface area contributed by atoms with E-state index in [1.54, 1.807) is 6.26 Å². The third-order valence-corrected chi connectivity index (χ3v) is 3.22. The van der Waals surface area contributed by atoms with Gasteiger partial charge in [0.15, 0.2) is 5.82 Å². The number of aromatic nitrogens is 2. The number of nitrogens with zero attached hydrogens (tertiary/aromatic N) is 3. The van der Waals surface area contributed by atoms with Crippen molar-refractivity contribution in [2.24, 2.45) is 0 Å². The van der Waals surface area contributed by atoms with Gasteiger partial charge in [0, 0.05) is 38.9 Å². The third kappa shape index (κ3) is 3.95. The summed E-state index contributed by atoms with van der Waals surface area (Å²) >= 11 is 0. The van der Waals surface area contributed by atoms with Crippen molar-refractivity contribution in [2.75, 3.05) is 30.9 Å². The molecule has 0 aliphatic rings. The minimum Gasteiger partial charge on any atom is -0.469 e. The van der Waals surface area contributed by atoms with Crippen molar-refractivity contribution < 1.29 is 9.15 Å². The van der Waals surface area contributed by atoms with Crippen molar-refractivity contribution >= 4 is 11.6 Å². The van der Waals surface area contributed by atoms with Gasteiger partial charge in [-0.2, -0.15) is 0 Å². The molecule has 6 heteroatoms. The molecule has 114 valence electrons. The summed E-state index contributed by atoms with van der Waals surface area (Å²) < 4.78 is 10.7. The first kappa shape index (κ1) is 15.3. The Hall–Kier alpha value is -2.08. The maximum atomic E-state index is 5.39. The summed E-state index contributed by atoms with van der Waals surface area (Å²) in [6.45, 7) is 5.71. The zero-order valence-electron chi connectivity index (χ0n) is 13.0. The summed E-state index contributed by atoms with van der Waals surface area (Å²) in [5.41, 5.74) is 1.15. The molecule has 0 spiro atoms. The Morgan fingerprint density at radius 3 is 2.81 bits per heavy atom. The number of aryl methyl sites for hydroxylation is 1. The van der Waals surface area contributed by atoms with E-state index in [4.69, 9.17) is 9.15 Å². The van der Waals surface area contributed by atoms with Gasteiger partial charge in [-0.25, -0.2) is 9.97 Å². The minimum atomic E-state index is 0.414. The predicted molar refractivity (Wildman–Crippen MR) is 82.5 cm³/mol. The van der Waals surface area contributed by atoms with Gasteiger partial charge < -0.3 is 19.4 Å². The molecular weight excluding hydrogens is 268 g/mol. The fraction of sp³-hybridized carbons (Fsp3) is 0.467. The summed E-state index contributed by atoms with van der Waals surface area (Å²) in [5, 5.41) is 3.06. The molecule has 0 aromatic carbocycles. The van der Waals surface area contributed by atoms with E-state index in [9.17, 15) is 0 Å². The SMILES string of the molecule is CCOCc1nc(NC)cc(N(C)Cc2ccoc2C)n1. The summed E-state index contributed by atoms with van der Waals surface area (Å²) in [5.74, 6) is 3.24. The van der Waals surface area contributed by atoms with Crippen LogP contribution in [0.25, 0.3) is 0 Å². The predicted octanol–water partition coefficient (Wildman–Crippen LogP) is 2.59. The zero-order chi connectivity index (χ0) is 15.2. The first-order valence-electron chi connectivity index (χ1n) is 7.01. The highest BCUT2D eigenvalue weighted by atomic mass is 16.5. The highest BCUT2D eigenvalue weighted by Gasteiger charge is 2.11. The van der Waals surface area contributed by atoms with Crippen molar-refractivity contribution in [1.82, 2.24) is 9.97 Å². The van der Waals surface area contributed by atoms with Crippen molar-refractivity contribution in [2.45, 2.75) is 27.0 Å². The van der Waals surface area contributed by atoms with E-state index in [-0.39, 0.29) is 0 Å². The van der Waals surface area contributed by atoms with E-state index in [0.717, 1.165) is 29.5 Å². The molecule has 0 bridgehead atoms. The van der Waals surface area contributed by atoms with Crippen LogP contribution in [0.2, 0.25) is 0 Å². The molecular formula is C15H22N4O2. The van der Waals surface area contributed by atoms with Crippen LogP contribution in [-0.4, -0.2) is 30.7 Å². The molecule has 21 heavy (non-hydrogen) atoms. The van der Waals surface area contributed by atoms with Gasteiger partial charge >= 0.3 is 0 Å². The average Bonchev–Trinajstić information content (AvgIpc) is 2.90. The Kier molecular flexibility index (Phi) is 5.16. The fourth-order valence-corrected chi connectivity index (χ4v) is 1.98. The van der Waals surface area contributed by atoms with Crippen LogP contribution in [0.1, 0.15) is 24.1 Å². The van der Waals surface area contributed by atoms with Crippen LogP contribution in [0.4, 0.5) is 11.6 Å². The van der Waals surface area contributed by atoms with Crippen LogP contribution >= 0.6 is 0 Å². The second-order valence-electron chi connectivity index (χ2n) is 4.77. The highest BCUT2D eigenvalue weighted by molar-refractivity contribution is 5.49. The van der Waals surface area contributed by atoms with E-state index < -0.39 is 0 Å². The first-order valence-corrected chi connectivity index (χ1v) is 7.01. The van der Waals surface area contributed by atoms with Crippen LogP contribution in [0.5, 0.6) is 0 Å². The first-order chi connectivity index (χ1) is 10.1. The smallest absolute Gasteiger partial charge is 0.158 e. The van der Waals surface area contributed by atoms with Crippen LogP contribution < -0.4 is 10.2 Å². The molecule has 1 N–H and O–H groups in total. The molecule has 0 radical (unpaired) electrons. The maximum Gasteiger partial charge on any atom is 0.158 e. The highest BCUT2D eigenvalue weighted by Crippen LogP contribution is 2.19. The lowest BCUT2D eigenvalue weighted by atomic mass is 10.2. The average molecular weight is 290 g/mol. The Labute approximate surface area is 125 Å². The quantitative estimate of drug-likeness (QED) is 0.845. The normalized spacial score (nSPS) is 10.7. The number of nitrogens with one attached hydrogen (secondary N) is 1. The maximum absolute atomic E-state index is 5.39. The Bertz CT molecular complexity index is 583. The van der Waals surface area contributed by atoms with Gasteiger partial charge in [-0.05, 0) is 19.9 Å². The Morgan fingerprint density at radius 2 is 2.19 bits per heavy atom. The molecule has 2 heterocycles. The Balaban J connectivity index is 2.18. The summed E-state index contributed by atoms with van der Waals surface area (Å²) in [6.07, 6.45) is 1.71. The number of furan rings is 1. The second kappa shape index (κ2) is 7.08. The van der Waals surface area contributed by atoms with Gasteiger partial charge in [0.2, 0.25) is 0 Å². The van der Waals surface area contributed by atoms with E-state index in [2.05, 4.69) is 20.2 Å². The number of rotatable bonds is 7. The third-order valence-electron chi connectivity index (χ3n) is 3.22. The largest absolute Gasteiger partial charge is 0.469 e. The van der Waals surface area contributed by atoms with Gasteiger partial charge in [0.1, 0.15) is 24.0 Å². The van der Waals surface area contributed by atoms with Crippen molar-refractivity contribution in [3.63, 3.8) is 0 Å². The number of hydrogen-bond acceptors (Lipinski definition) is 6. The lowest BCUT2D eigenvalue weighted by Gasteiger charge is -2.19. The van der Waals surface area contributed by atoms with Crippen molar-refractivity contribution in [3.8, 4) is 0 Å². The van der Waals surface area contributed by atoms with Crippen LogP contribution in [0.15, 0.2) is 22.8 Å². The van der Waals surface area contributed by atoms with Gasteiger partial charge in [-0.1, -0.05) is 0 Å². The summed E-state index contributed by atoms with van der Waals surface area (Å²) in [7, 11) is 3.84. The monoisotopic (exact) mass is 290 g/mol. The molecule has 0 aliphatic heterocycles. The van der Waals surface area contributed by atoms with E-state index in [0.29, 0.717) is 19.0 Å².